The topological polar surface area (TPSA) is 113 Å². The Labute approximate surface area is 239 Å². The number of halogens is 4. The molecule has 0 aromatic heterocycles. The second-order valence-electron chi connectivity index (χ2n) is 10.2. The highest BCUT2D eigenvalue weighted by molar-refractivity contribution is 6.09. The molecule has 0 aliphatic carbocycles. The number of likely N-dealkylation sites (tertiary alicyclic amines) is 1. The first kappa shape index (κ1) is 30.9. The summed E-state index contributed by atoms with van der Waals surface area (Å²) in [6.45, 7) is 2.62. The Morgan fingerprint density at radius 2 is 1.69 bits per heavy atom. The summed E-state index contributed by atoms with van der Waals surface area (Å²) < 4.78 is 56.1. The van der Waals surface area contributed by atoms with Gasteiger partial charge in [-0.1, -0.05) is 24.3 Å². The molecule has 3 heterocycles. The maximum atomic E-state index is 13.5. The van der Waals surface area contributed by atoms with Gasteiger partial charge >= 0.3 is 18.1 Å². The van der Waals surface area contributed by atoms with Gasteiger partial charge in [0.15, 0.2) is 0 Å². The second kappa shape index (κ2) is 11.7. The number of fused-ring (bicyclic) bond motifs is 3. The zero-order chi connectivity index (χ0) is 31.0. The zero-order valence-corrected chi connectivity index (χ0v) is 23.1. The van der Waals surface area contributed by atoms with Crippen molar-refractivity contribution >= 4 is 23.8 Å². The lowest BCUT2D eigenvalue weighted by atomic mass is 9.75. The van der Waals surface area contributed by atoms with Gasteiger partial charge in [0.05, 0.1) is 26.1 Å². The van der Waals surface area contributed by atoms with E-state index < -0.39 is 41.5 Å². The van der Waals surface area contributed by atoms with E-state index in [1.807, 2.05) is 23.1 Å². The van der Waals surface area contributed by atoms with Crippen LogP contribution in [0, 0.1) is 17.7 Å². The summed E-state index contributed by atoms with van der Waals surface area (Å²) in [5.41, 5.74) is 1.22. The minimum absolute atomic E-state index is 0.244. The molecule has 2 aromatic carbocycles. The van der Waals surface area contributed by atoms with Crippen molar-refractivity contribution < 1.29 is 51.3 Å². The van der Waals surface area contributed by atoms with Gasteiger partial charge in [0, 0.05) is 18.2 Å². The Hall–Kier alpha value is -4.00. The smallest absolute Gasteiger partial charge is 0.490 e. The number of esters is 1. The number of imide groups is 1. The first-order chi connectivity index (χ1) is 19.8. The molecule has 3 saturated heterocycles. The average molecular weight is 595 g/mol. The maximum Gasteiger partial charge on any atom is 0.490 e. The molecule has 0 bridgehead atoms. The number of alkyl halides is 3. The predicted octanol–water partition coefficient (Wildman–Crippen LogP) is 4.21. The van der Waals surface area contributed by atoms with Crippen molar-refractivity contribution in [3.8, 4) is 16.9 Å². The van der Waals surface area contributed by atoms with Crippen LogP contribution in [0.5, 0.6) is 5.75 Å². The molecule has 0 radical (unpaired) electrons. The number of aliphatic carboxylic acids is 1. The maximum absolute atomic E-state index is 13.5. The molecular formula is C29H30F4N2O7. The molecule has 2 aromatic rings. The van der Waals surface area contributed by atoms with Gasteiger partial charge in [-0.05, 0) is 62.1 Å². The number of nitrogens with zero attached hydrogens (tertiary/aromatic N) is 2. The van der Waals surface area contributed by atoms with E-state index in [9.17, 15) is 31.9 Å². The van der Waals surface area contributed by atoms with Gasteiger partial charge in [-0.25, -0.2) is 9.18 Å². The van der Waals surface area contributed by atoms with Crippen LogP contribution in [0.3, 0.4) is 0 Å². The standard InChI is InChI=1S/C27H29FN2O5.C2HF3O2/c1-4-29-24(31)21-22(25(29)32)27(26(33)35-3)13-5-6-14-30(27)23(21)17-9-12-19(20(15-17)34-2)16-7-10-18(28)11-8-16;3-2(4,5)1(6)7/h7-12,15,21-23H,4-6,13-14H2,1-3H3;(H,6,7)/t21-,22-,23-,27+;/m1./s1. The number of carboxylic acid groups (broad SMARTS) is 1. The van der Waals surface area contributed by atoms with Gasteiger partial charge in [0.2, 0.25) is 11.8 Å². The summed E-state index contributed by atoms with van der Waals surface area (Å²) in [7, 11) is 2.90. The lowest BCUT2D eigenvalue weighted by Crippen LogP contribution is -2.59. The predicted molar refractivity (Wildman–Crippen MR) is 139 cm³/mol. The zero-order valence-electron chi connectivity index (χ0n) is 23.1. The Bertz CT molecular complexity index is 1380. The van der Waals surface area contributed by atoms with Gasteiger partial charge in [-0.15, -0.1) is 0 Å². The molecule has 5 rings (SSSR count). The van der Waals surface area contributed by atoms with E-state index >= 15 is 0 Å². The van der Waals surface area contributed by atoms with Crippen molar-refractivity contribution in [3.05, 3.63) is 53.8 Å². The number of carbonyl (C=O) groups excluding carboxylic acids is 3. The second-order valence-corrected chi connectivity index (χ2v) is 10.2. The van der Waals surface area contributed by atoms with Crippen molar-refractivity contribution in [3.63, 3.8) is 0 Å². The normalized spacial score (nSPS) is 25.3. The van der Waals surface area contributed by atoms with E-state index in [4.69, 9.17) is 19.4 Å². The van der Waals surface area contributed by atoms with E-state index in [-0.39, 0.29) is 24.2 Å². The van der Waals surface area contributed by atoms with E-state index in [1.165, 1.54) is 24.1 Å². The fourth-order valence-corrected chi connectivity index (χ4v) is 6.49. The number of rotatable bonds is 5. The molecule has 226 valence electrons. The molecule has 4 atom stereocenters. The molecule has 2 amide bonds. The number of methoxy groups -OCH3 is 2. The van der Waals surface area contributed by atoms with Crippen LogP contribution in [0.15, 0.2) is 42.5 Å². The van der Waals surface area contributed by atoms with Crippen LogP contribution in [0.2, 0.25) is 0 Å². The first-order valence-electron chi connectivity index (χ1n) is 13.3. The SMILES string of the molecule is CCN1C(=O)[C@H]2[C@@H](c3ccc(-c4ccc(F)cc4)c(OC)c3)N3CCCC[C@@]3(C(=O)OC)[C@H]2C1=O.O=C(O)C(F)(F)F. The van der Waals surface area contributed by atoms with Crippen LogP contribution >= 0.6 is 0 Å². The van der Waals surface area contributed by atoms with Crippen LogP contribution < -0.4 is 4.74 Å². The largest absolute Gasteiger partial charge is 0.496 e. The summed E-state index contributed by atoms with van der Waals surface area (Å²) in [6, 6.07) is 11.4. The van der Waals surface area contributed by atoms with Crippen molar-refractivity contribution in [1.82, 2.24) is 9.80 Å². The molecule has 9 nitrogen and oxygen atoms in total. The highest BCUT2D eigenvalue weighted by Gasteiger charge is 2.72. The van der Waals surface area contributed by atoms with Crippen molar-refractivity contribution in [2.24, 2.45) is 11.8 Å². The van der Waals surface area contributed by atoms with Crippen LogP contribution in [0.25, 0.3) is 11.1 Å². The lowest BCUT2D eigenvalue weighted by Gasteiger charge is -2.44. The molecule has 3 aliphatic heterocycles. The lowest BCUT2D eigenvalue weighted by molar-refractivity contribution is -0.192. The first-order valence-corrected chi connectivity index (χ1v) is 13.3. The Balaban J connectivity index is 0.000000517. The van der Waals surface area contributed by atoms with Crippen molar-refractivity contribution in [2.75, 3.05) is 27.3 Å². The molecule has 3 aliphatic rings. The number of piperidine rings is 1. The van der Waals surface area contributed by atoms with Gasteiger partial charge in [-0.3, -0.25) is 24.2 Å². The number of carboxylic acids is 1. The summed E-state index contributed by atoms with van der Waals surface area (Å²) in [5.74, 6) is -4.96. The van der Waals surface area contributed by atoms with Crippen LogP contribution in [-0.4, -0.2) is 77.7 Å². The minimum atomic E-state index is -5.08. The van der Waals surface area contributed by atoms with E-state index in [0.717, 1.165) is 29.5 Å². The highest BCUT2D eigenvalue weighted by Crippen LogP contribution is 2.58. The summed E-state index contributed by atoms with van der Waals surface area (Å²) >= 11 is 0. The third-order valence-electron chi connectivity index (χ3n) is 8.17. The number of hydrogen-bond acceptors (Lipinski definition) is 7. The summed E-state index contributed by atoms with van der Waals surface area (Å²) in [4.78, 5) is 52.6. The van der Waals surface area contributed by atoms with E-state index in [0.29, 0.717) is 18.7 Å². The molecule has 1 N–H and O–H groups in total. The third kappa shape index (κ3) is 5.10. The molecule has 0 spiro atoms. The van der Waals surface area contributed by atoms with E-state index in [1.54, 1.807) is 26.2 Å². The molecule has 3 fully saturated rings. The molecular weight excluding hydrogens is 564 g/mol. The van der Waals surface area contributed by atoms with Gasteiger partial charge in [0.25, 0.3) is 0 Å². The quantitative estimate of drug-likeness (QED) is 0.311. The minimum Gasteiger partial charge on any atom is -0.496 e. The van der Waals surface area contributed by atoms with Crippen LogP contribution in [0.4, 0.5) is 17.6 Å². The number of carbonyl (C=O) groups is 4. The summed E-state index contributed by atoms with van der Waals surface area (Å²) in [6.07, 6.45) is -2.97. The van der Waals surface area contributed by atoms with Gasteiger partial charge in [0.1, 0.15) is 17.1 Å². The molecule has 42 heavy (non-hydrogen) atoms. The Morgan fingerprint density at radius 1 is 1.05 bits per heavy atom. The highest BCUT2D eigenvalue weighted by atomic mass is 19.4. The molecule has 0 unspecified atom stereocenters. The number of amides is 2. The summed E-state index contributed by atoms with van der Waals surface area (Å²) in [5, 5.41) is 7.12. The Kier molecular flexibility index (Phi) is 8.63. The van der Waals surface area contributed by atoms with Crippen LogP contribution in [0.1, 0.15) is 37.8 Å². The van der Waals surface area contributed by atoms with Gasteiger partial charge in [-0.2, -0.15) is 13.2 Å². The van der Waals surface area contributed by atoms with Crippen molar-refractivity contribution in [2.45, 2.75) is 43.9 Å². The van der Waals surface area contributed by atoms with Gasteiger partial charge < -0.3 is 14.6 Å². The molecule has 13 heteroatoms. The fraction of sp³-hybridized carbons (Fsp3) is 0.448. The Morgan fingerprint density at radius 3 is 2.24 bits per heavy atom. The van der Waals surface area contributed by atoms with Crippen molar-refractivity contribution in [1.29, 1.82) is 0 Å². The third-order valence-corrected chi connectivity index (χ3v) is 8.17. The number of ether oxygens (including phenoxy) is 2. The van der Waals surface area contributed by atoms with Crippen LogP contribution in [-0.2, 0) is 23.9 Å². The monoisotopic (exact) mass is 594 g/mol. The van der Waals surface area contributed by atoms with E-state index in [2.05, 4.69) is 0 Å². The number of benzene rings is 2. The number of hydrogen-bond donors (Lipinski definition) is 1. The average Bonchev–Trinajstić information content (AvgIpc) is 3.42. The molecule has 0 saturated carbocycles. The fourth-order valence-electron chi connectivity index (χ4n) is 6.49.